The van der Waals surface area contributed by atoms with E-state index in [4.69, 9.17) is 42.2 Å². The fourth-order valence-electron chi connectivity index (χ4n) is 0. The molecule has 0 amide bonds. The van der Waals surface area contributed by atoms with Gasteiger partial charge in [0, 0.05) is 27.5 Å². The molecule has 0 aromatic carbocycles. The van der Waals surface area contributed by atoms with E-state index in [1.54, 1.807) is 0 Å². The van der Waals surface area contributed by atoms with Crippen molar-refractivity contribution in [3.8, 4) is 0 Å². The first-order valence-corrected chi connectivity index (χ1v) is 5.51. The summed E-state index contributed by atoms with van der Waals surface area (Å²) in [6.07, 6.45) is 0. The minimum Gasteiger partial charge on any atom is -0.672 e. The molecule has 0 aromatic rings. The maximum atomic E-state index is 8.52. The second-order valence-electron chi connectivity index (χ2n) is 0.750. The van der Waals surface area contributed by atoms with Crippen LogP contribution in [0.2, 0.25) is 0 Å². The molecule has 0 rings (SSSR count). The Morgan fingerprint density at radius 1 is 0.500 bits per heavy atom. The van der Waals surface area contributed by atoms with Crippen molar-refractivity contribution in [1.82, 2.24) is 0 Å². The van der Waals surface area contributed by atoms with Gasteiger partial charge in [0.25, 0.3) is 0 Å². The summed E-state index contributed by atoms with van der Waals surface area (Å²) in [7, 11) is -10.9. The molecule has 74 valence electrons. The van der Waals surface area contributed by atoms with Crippen LogP contribution in [0, 0.1) is 83.5 Å². The van der Waals surface area contributed by atoms with E-state index < -0.39 is 27.5 Å². The van der Waals surface area contributed by atoms with Crippen molar-refractivity contribution in [2.24, 2.45) is 0 Å². The molecule has 0 N–H and O–H groups in total. The summed E-state index contributed by atoms with van der Waals surface area (Å²) in [5.41, 5.74) is 0. The van der Waals surface area contributed by atoms with Gasteiger partial charge < -0.3 is 42.2 Å². The fourth-order valence-corrected chi connectivity index (χ4v) is 0. The molecule has 14 heavy (non-hydrogen) atoms. The minimum absolute atomic E-state index is 0. The summed E-state index contributed by atoms with van der Waals surface area (Å²) in [6.45, 7) is 0. The van der Waals surface area contributed by atoms with Crippen LogP contribution in [-0.4, -0.2) is 27.5 Å². The summed E-state index contributed by atoms with van der Waals surface area (Å²) >= 11 is 0. The Bertz CT molecular complexity index is 116. The van der Waals surface area contributed by atoms with Gasteiger partial charge in [-0.05, 0) is 0 Å². The monoisotopic (exact) mass is 508 g/mol. The Labute approximate surface area is 150 Å². The van der Waals surface area contributed by atoms with Crippen molar-refractivity contribution in [3.63, 3.8) is 0 Å². The Morgan fingerprint density at radius 3 is 0.500 bits per heavy atom. The van der Waals surface area contributed by atoms with Crippen molar-refractivity contribution in [3.05, 3.63) is 0 Å². The topological polar surface area (TPSA) is 190 Å². The van der Waals surface area contributed by atoms with Crippen molar-refractivity contribution in [2.75, 3.05) is 0 Å². The minimum atomic E-state index is -3.63. The maximum absolute atomic E-state index is 8.52. The molecule has 0 spiro atoms. The van der Waals surface area contributed by atoms with E-state index >= 15 is 0 Å². The van der Waals surface area contributed by atoms with Gasteiger partial charge in [0.15, 0.2) is 0 Å². The van der Waals surface area contributed by atoms with E-state index in [-0.39, 0.29) is 83.5 Å². The van der Waals surface area contributed by atoms with Gasteiger partial charge in [-0.3, -0.25) is 0 Å². The summed E-state index contributed by atoms with van der Waals surface area (Å²) in [5, 5.41) is 0. The van der Waals surface area contributed by atoms with Crippen LogP contribution >= 0.6 is 0 Å². The summed E-state index contributed by atoms with van der Waals surface area (Å²) < 4.78 is 25.6. The molecule has 0 atom stereocenters. The third kappa shape index (κ3) is 840. The molecule has 0 aliphatic carbocycles. The summed E-state index contributed by atoms with van der Waals surface area (Å²) in [6, 6.07) is 0. The van der Waals surface area contributed by atoms with E-state index in [1.165, 1.54) is 0 Å². The molecule has 14 heteroatoms. The van der Waals surface area contributed by atoms with Gasteiger partial charge in [-0.25, -0.2) is 0 Å². The molecule has 0 heterocycles. The smallest absolute Gasteiger partial charge is 0.672 e. The van der Waals surface area contributed by atoms with Gasteiger partial charge in [-0.1, -0.05) is 0 Å². The van der Waals surface area contributed by atoms with Crippen molar-refractivity contribution >= 4 is 27.5 Å². The third-order valence-electron chi connectivity index (χ3n) is 0. The molecule has 9 nitrogen and oxygen atoms in total. The molecular formula is Ce2O9Si3. The first-order valence-electron chi connectivity index (χ1n) is 1.84. The Balaban J connectivity index is -0.0000000270. The van der Waals surface area contributed by atoms with Crippen LogP contribution in [0.1, 0.15) is 0 Å². The van der Waals surface area contributed by atoms with E-state index in [9.17, 15) is 0 Å². The number of hydrogen-bond acceptors (Lipinski definition) is 9. The predicted molar refractivity (Wildman–Crippen MR) is 19.3 cm³/mol. The van der Waals surface area contributed by atoms with E-state index in [1.807, 2.05) is 0 Å². The van der Waals surface area contributed by atoms with Crippen molar-refractivity contribution < 1.29 is 126 Å². The van der Waals surface area contributed by atoms with Crippen LogP contribution in [0.15, 0.2) is 0 Å². The zero-order chi connectivity index (χ0) is 10.7. The zero-order valence-corrected chi connectivity index (χ0v) is 15.5. The van der Waals surface area contributed by atoms with Crippen molar-refractivity contribution in [2.45, 2.75) is 0 Å². The largest absolute Gasteiger partial charge is 3.00 e. The Hall–Kier alpha value is 1.60. The summed E-state index contributed by atoms with van der Waals surface area (Å²) in [4.78, 5) is 51.1. The second kappa shape index (κ2) is 24.0. The Morgan fingerprint density at radius 2 is 0.500 bits per heavy atom. The van der Waals surface area contributed by atoms with Crippen molar-refractivity contribution in [1.29, 1.82) is 0 Å². The van der Waals surface area contributed by atoms with Gasteiger partial charge in [0.1, 0.15) is 0 Å². The molecule has 0 fully saturated rings. The molecule has 0 saturated carbocycles. The fraction of sp³-hybridized carbons (Fsp3) is 0. The first kappa shape index (κ1) is 29.6. The normalized spacial score (nSPS) is 5.14. The van der Waals surface area contributed by atoms with Gasteiger partial charge in [-0.2, -0.15) is 0 Å². The van der Waals surface area contributed by atoms with E-state index in [0.717, 1.165) is 0 Å². The van der Waals surface area contributed by atoms with Crippen LogP contribution in [0.4, 0.5) is 0 Å². The Kier molecular flexibility index (Phi) is 50.8. The van der Waals surface area contributed by atoms with Crippen LogP contribution in [0.3, 0.4) is 0 Å². The maximum Gasteiger partial charge on any atom is 3.00 e. The van der Waals surface area contributed by atoms with Gasteiger partial charge >= 0.3 is 83.5 Å². The quantitative estimate of drug-likeness (QED) is 0.286. The average Bonchev–Trinajstić information content (AvgIpc) is 1.54. The van der Waals surface area contributed by atoms with Gasteiger partial charge in [-0.15, -0.1) is 0 Å². The standard InChI is InChI=1S/2Ce.3O3Si/c;;3*1-4(2)3/q2*+3;3*-2. The first-order chi connectivity index (χ1) is 5.20. The second-order valence-corrected chi connectivity index (χ2v) is 2.25. The molecule has 0 saturated heterocycles. The average molecular weight is 508 g/mol. The molecule has 2 radical (unpaired) electrons. The molecular weight excluding hydrogens is 508 g/mol. The van der Waals surface area contributed by atoms with Crippen LogP contribution < -0.4 is 28.8 Å². The van der Waals surface area contributed by atoms with Crippen LogP contribution in [0.25, 0.3) is 0 Å². The number of hydrogen-bond donors (Lipinski definition) is 0. The van der Waals surface area contributed by atoms with Crippen LogP contribution in [-0.2, 0) is 13.4 Å². The van der Waals surface area contributed by atoms with Gasteiger partial charge in [0.05, 0.1) is 0 Å². The molecule has 0 bridgehead atoms. The molecule has 0 unspecified atom stereocenters. The molecule has 0 aromatic heterocycles. The third-order valence-corrected chi connectivity index (χ3v) is 0. The zero-order valence-electron chi connectivity index (χ0n) is 6.17. The number of rotatable bonds is 0. The SMILES string of the molecule is O=[Si]([O-])[O-].O=[Si]([O-])[O-].O=[Si]([O-])[O-].[Ce+3].[Ce+3]. The predicted octanol–water partition coefficient (Wildman–Crippen LogP) is -8.63. The van der Waals surface area contributed by atoms with E-state index in [2.05, 4.69) is 0 Å². The molecule has 0 aliphatic rings. The van der Waals surface area contributed by atoms with E-state index in [0.29, 0.717) is 0 Å². The van der Waals surface area contributed by atoms with Gasteiger partial charge in [0.2, 0.25) is 0 Å². The summed E-state index contributed by atoms with van der Waals surface area (Å²) in [5.74, 6) is 0. The van der Waals surface area contributed by atoms with Crippen LogP contribution in [0.5, 0.6) is 0 Å². The molecule has 0 aliphatic heterocycles.